The Labute approximate surface area is 129 Å². The van der Waals surface area contributed by atoms with Crippen LogP contribution >= 0.6 is 23.2 Å². The molecule has 0 unspecified atom stereocenters. The van der Waals surface area contributed by atoms with Gasteiger partial charge in [-0.2, -0.15) is 0 Å². The summed E-state index contributed by atoms with van der Waals surface area (Å²) in [7, 11) is 0. The lowest BCUT2D eigenvalue weighted by Crippen LogP contribution is -2.23. The number of nitrogens with one attached hydrogen (secondary N) is 1. The van der Waals surface area contributed by atoms with Crippen molar-refractivity contribution in [3.8, 4) is 0 Å². The van der Waals surface area contributed by atoms with Crippen molar-refractivity contribution in [1.29, 1.82) is 0 Å². The normalized spacial score (nSPS) is 10.5. The third-order valence-electron chi connectivity index (χ3n) is 2.80. The second-order valence-corrected chi connectivity index (χ2v) is 5.09. The molecule has 0 aliphatic rings. The minimum atomic E-state index is -0.733. The number of benzene rings is 2. The minimum absolute atomic E-state index is 0.0927. The molecule has 1 amide bonds. The number of rotatable bonds is 3. The van der Waals surface area contributed by atoms with Gasteiger partial charge in [0.25, 0.3) is 5.91 Å². The van der Waals surface area contributed by atoms with Crippen molar-refractivity contribution in [2.75, 3.05) is 5.73 Å². The molecule has 0 atom stereocenters. The van der Waals surface area contributed by atoms with Gasteiger partial charge in [0.1, 0.15) is 11.6 Å². The van der Waals surface area contributed by atoms with Crippen LogP contribution in [0.4, 0.5) is 14.5 Å². The van der Waals surface area contributed by atoms with Gasteiger partial charge in [0.05, 0.1) is 15.7 Å². The largest absolute Gasteiger partial charge is 0.396 e. The molecule has 21 heavy (non-hydrogen) atoms. The lowest BCUT2D eigenvalue weighted by Gasteiger charge is -2.08. The smallest absolute Gasteiger partial charge is 0.251 e. The molecule has 2 rings (SSSR count). The number of nitrogen functional groups attached to an aromatic ring is 1. The van der Waals surface area contributed by atoms with Crippen LogP contribution in [0.15, 0.2) is 30.3 Å². The van der Waals surface area contributed by atoms with Crippen LogP contribution in [0.25, 0.3) is 0 Å². The standard InChI is InChI=1S/C14H10Cl2F2N2O/c15-10-3-8(4-11(16)13(10)19)14(21)20-6-7-1-2-9(17)5-12(7)18/h1-5H,6,19H2,(H,20,21). The fourth-order valence-corrected chi connectivity index (χ4v) is 2.15. The Hall–Kier alpha value is -1.85. The van der Waals surface area contributed by atoms with Crippen LogP contribution in [-0.4, -0.2) is 5.91 Å². The lowest BCUT2D eigenvalue weighted by molar-refractivity contribution is 0.0950. The van der Waals surface area contributed by atoms with E-state index in [2.05, 4.69) is 5.32 Å². The maximum atomic E-state index is 13.4. The second-order valence-electron chi connectivity index (χ2n) is 4.27. The Kier molecular flexibility index (Phi) is 4.65. The van der Waals surface area contributed by atoms with Crippen molar-refractivity contribution in [3.05, 3.63) is 63.1 Å². The predicted octanol–water partition coefficient (Wildman–Crippen LogP) is 3.78. The van der Waals surface area contributed by atoms with E-state index < -0.39 is 17.5 Å². The van der Waals surface area contributed by atoms with Gasteiger partial charge in [-0.3, -0.25) is 4.79 Å². The first-order valence-electron chi connectivity index (χ1n) is 5.85. The summed E-state index contributed by atoms with van der Waals surface area (Å²) in [6.45, 7) is -0.0927. The summed E-state index contributed by atoms with van der Waals surface area (Å²) in [5.41, 5.74) is 6.11. The Morgan fingerprint density at radius 3 is 2.33 bits per heavy atom. The van der Waals surface area contributed by atoms with Gasteiger partial charge in [-0.15, -0.1) is 0 Å². The van der Waals surface area contributed by atoms with E-state index in [4.69, 9.17) is 28.9 Å². The van der Waals surface area contributed by atoms with E-state index in [1.807, 2.05) is 0 Å². The fraction of sp³-hybridized carbons (Fsp3) is 0.0714. The predicted molar refractivity (Wildman–Crippen MR) is 78.4 cm³/mol. The average molecular weight is 331 g/mol. The van der Waals surface area contributed by atoms with E-state index in [0.717, 1.165) is 12.1 Å². The molecule has 0 saturated carbocycles. The maximum Gasteiger partial charge on any atom is 0.251 e. The summed E-state index contributed by atoms with van der Waals surface area (Å²) < 4.78 is 26.2. The zero-order valence-corrected chi connectivity index (χ0v) is 12.1. The molecule has 0 heterocycles. The van der Waals surface area contributed by atoms with Crippen molar-refractivity contribution < 1.29 is 13.6 Å². The minimum Gasteiger partial charge on any atom is -0.396 e. The quantitative estimate of drug-likeness (QED) is 0.841. The number of hydrogen-bond donors (Lipinski definition) is 2. The highest BCUT2D eigenvalue weighted by Gasteiger charge is 2.12. The van der Waals surface area contributed by atoms with Gasteiger partial charge in [-0.25, -0.2) is 8.78 Å². The fourth-order valence-electron chi connectivity index (χ4n) is 1.66. The average Bonchev–Trinajstić information content (AvgIpc) is 2.43. The first kappa shape index (κ1) is 15.5. The SMILES string of the molecule is Nc1c(Cl)cc(C(=O)NCc2ccc(F)cc2F)cc1Cl. The number of carbonyl (C=O) groups is 1. The molecule has 110 valence electrons. The van der Waals surface area contributed by atoms with E-state index in [1.165, 1.54) is 18.2 Å². The summed E-state index contributed by atoms with van der Waals surface area (Å²) >= 11 is 11.7. The first-order chi connectivity index (χ1) is 9.88. The van der Waals surface area contributed by atoms with Crippen LogP contribution in [0.1, 0.15) is 15.9 Å². The zero-order chi connectivity index (χ0) is 15.6. The highest BCUT2D eigenvalue weighted by molar-refractivity contribution is 6.39. The third-order valence-corrected chi connectivity index (χ3v) is 3.42. The molecule has 3 N–H and O–H groups in total. The molecular weight excluding hydrogens is 321 g/mol. The monoisotopic (exact) mass is 330 g/mol. The Balaban J connectivity index is 2.12. The second kappa shape index (κ2) is 6.28. The zero-order valence-electron chi connectivity index (χ0n) is 10.6. The highest BCUT2D eigenvalue weighted by Crippen LogP contribution is 2.28. The number of hydrogen-bond acceptors (Lipinski definition) is 2. The van der Waals surface area contributed by atoms with Crippen molar-refractivity contribution >= 4 is 34.8 Å². The van der Waals surface area contributed by atoms with Crippen LogP contribution in [0.3, 0.4) is 0 Å². The molecule has 0 saturated heterocycles. The van der Waals surface area contributed by atoms with Gasteiger partial charge < -0.3 is 11.1 Å². The van der Waals surface area contributed by atoms with E-state index in [1.54, 1.807) is 0 Å². The summed E-state index contributed by atoms with van der Waals surface area (Å²) in [5, 5.41) is 2.80. The van der Waals surface area contributed by atoms with Gasteiger partial charge in [-0.1, -0.05) is 29.3 Å². The molecule has 3 nitrogen and oxygen atoms in total. The third kappa shape index (κ3) is 3.62. The summed E-state index contributed by atoms with van der Waals surface area (Å²) in [6, 6.07) is 5.84. The summed E-state index contributed by atoms with van der Waals surface area (Å²) in [5.74, 6) is -1.91. The van der Waals surface area contributed by atoms with Crippen LogP contribution in [-0.2, 0) is 6.54 Å². The number of amides is 1. The molecular formula is C14H10Cl2F2N2O. The summed E-state index contributed by atoms with van der Waals surface area (Å²) in [6.07, 6.45) is 0. The van der Waals surface area contributed by atoms with Crippen molar-refractivity contribution in [2.45, 2.75) is 6.54 Å². The van der Waals surface area contributed by atoms with E-state index in [0.29, 0.717) is 0 Å². The molecule has 2 aromatic carbocycles. The molecule has 0 aliphatic heterocycles. The molecule has 2 aromatic rings. The lowest BCUT2D eigenvalue weighted by atomic mass is 10.1. The van der Waals surface area contributed by atoms with Gasteiger partial charge in [-0.05, 0) is 18.2 Å². The first-order valence-corrected chi connectivity index (χ1v) is 6.60. The van der Waals surface area contributed by atoms with Gasteiger partial charge in [0.2, 0.25) is 0 Å². The van der Waals surface area contributed by atoms with Crippen molar-refractivity contribution in [1.82, 2.24) is 5.32 Å². The Morgan fingerprint density at radius 2 is 1.76 bits per heavy atom. The van der Waals surface area contributed by atoms with Crippen molar-refractivity contribution in [2.24, 2.45) is 0 Å². The molecule has 0 aromatic heterocycles. The number of nitrogens with two attached hydrogens (primary N) is 1. The topological polar surface area (TPSA) is 55.1 Å². The highest BCUT2D eigenvalue weighted by atomic mass is 35.5. The molecule has 0 fully saturated rings. The Bertz CT molecular complexity index is 684. The number of anilines is 1. The Morgan fingerprint density at radius 1 is 1.14 bits per heavy atom. The molecule has 0 spiro atoms. The van der Waals surface area contributed by atoms with Crippen LogP contribution in [0, 0.1) is 11.6 Å². The van der Waals surface area contributed by atoms with Gasteiger partial charge >= 0.3 is 0 Å². The molecule has 0 radical (unpaired) electrons. The van der Waals surface area contributed by atoms with Gasteiger partial charge in [0, 0.05) is 23.7 Å². The number of halogens is 4. The van der Waals surface area contributed by atoms with E-state index in [-0.39, 0.29) is 33.4 Å². The summed E-state index contributed by atoms with van der Waals surface area (Å²) in [4.78, 5) is 11.9. The maximum absolute atomic E-state index is 13.4. The van der Waals surface area contributed by atoms with Crippen LogP contribution in [0.2, 0.25) is 10.0 Å². The van der Waals surface area contributed by atoms with Crippen molar-refractivity contribution in [3.63, 3.8) is 0 Å². The molecule has 0 aliphatic carbocycles. The number of carbonyl (C=O) groups excluding carboxylic acids is 1. The van der Waals surface area contributed by atoms with Crippen LogP contribution in [0.5, 0.6) is 0 Å². The molecule has 0 bridgehead atoms. The van der Waals surface area contributed by atoms with Gasteiger partial charge in [0.15, 0.2) is 0 Å². The van der Waals surface area contributed by atoms with E-state index >= 15 is 0 Å². The molecule has 7 heteroatoms. The van der Waals surface area contributed by atoms with Crippen LogP contribution < -0.4 is 11.1 Å². The van der Waals surface area contributed by atoms with E-state index in [9.17, 15) is 13.6 Å².